The highest BCUT2D eigenvalue weighted by Crippen LogP contribution is 2.18. The average molecular weight is 233 g/mol. The molecule has 0 aromatic heterocycles. The number of carbonyl (C=O) groups excluding carboxylic acids is 1. The maximum absolute atomic E-state index is 12.3. The first-order valence-electron chi connectivity index (χ1n) is 6.40. The van der Waals surface area contributed by atoms with Gasteiger partial charge in [-0.3, -0.25) is 4.79 Å². The molecule has 0 N–H and O–H groups in total. The Bertz CT molecular complexity index is 345. The fraction of sp³-hybridized carbons (Fsp3) is 0.533. The van der Waals surface area contributed by atoms with E-state index < -0.39 is 0 Å². The van der Waals surface area contributed by atoms with Crippen LogP contribution in [0.4, 0.5) is 0 Å². The lowest BCUT2D eigenvalue weighted by Crippen LogP contribution is -2.36. The monoisotopic (exact) mass is 233 g/mol. The van der Waals surface area contributed by atoms with E-state index in [9.17, 15) is 4.79 Å². The first-order chi connectivity index (χ1) is 8.06. The summed E-state index contributed by atoms with van der Waals surface area (Å²) in [5.41, 5.74) is 1.10. The minimum atomic E-state index is -0.0464. The second-order valence-electron chi connectivity index (χ2n) is 4.90. The number of benzene rings is 1. The summed E-state index contributed by atoms with van der Waals surface area (Å²) < 4.78 is 0. The van der Waals surface area contributed by atoms with Crippen molar-refractivity contribution in [3.05, 3.63) is 35.9 Å². The summed E-state index contributed by atoms with van der Waals surface area (Å²) >= 11 is 0. The van der Waals surface area contributed by atoms with Gasteiger partial charge in [-0.25, -0.2) is 0 Å². The molecule has 0 fully saturated rings. The second kappa shape index (κ2) is 6.43. The molecular weight excluding hydrogens is 210 g/mol. The van der Waals surface area contributed by atoms with Gasteiger partial charge in [-0.05, 0) is 25.3 Å². The molecule has 1 aromatic carbocycles. The van der Waals surface area contributed by atoms with E-state index in [1.807, 2.05) is 49.1 Å². The molecule has 0 aliphatic rings. The molecule has 1 amide bonds. The molecule has 1 aromatic rings. The fourth-order valence-corrected chi connectivity index (χ4v) is 1.97. The van der Waals surface area contributed by atoms with Gasteiger partial charge in [0.25, 0.3) is 0 Å². The number of hydrogen-bond donors (Lipinski definition) is 0. The van der Waals surface area contributed by atoms with Crippen LogP contribution in [0.5, 0.6) is 0 Å². The third-order valence-corrected chi connectivity index (χ3v) is 2.95. The van der Waals surface area contributed by atoms with E-state index in [0.717, 1.165) is 18.7 Å². The molecule has 0 saturated heterocycles. The zero-order valence-corrected chi connectivity index (χ0v) is 11.3. The fourth-order valence-electron chi connectivity index (χ4n) is 1.97. The summed E-state index contributed by atoms with van der Waals surface area (Å²) in [4.78, 5) is 14.3. The van der Waals surface area contributed by atoms with Crippen molar-refractivity contribution in [3.8, 4) is 0 Å². The standard InChI is InChI=1S/C15H23NO/c1-5-16(11-12(2)3)15(17)13(4)14-9-7-6-8-10-14/h6-10,12-13H,5,11H2,1-4H3. The smallest absolute Gasteiger partial charge is 0.229 e. The van der Waals surface area contributed by atoms with Crippen LogP contribution in [0.2, 0.25) is 0 Å². The normalized spacial score (nSPS) is 12.5. The minimum Gasteiger partial charge on any atom is -0.342 e. The Morgan fingerprint density at radius 3 is 2.24 bits per heavy atom. The van der Waals surface area contributed by atoms with Gasteiger partial charge in [0.15, 0.2) is 0 Å². The van der Waals surface area contributed by atoms with Crippen LogP contribution in [0.1, 0.15) is 39.2 Å². The lowest BCUT2D eigenvalue weighted by molar-refractivity contribution is -0.132. The Balaban J connectivity index is 2.74. The van der Waals surface area contributed by atoms with Gasteiger partial charge in [0.05, 0.1) is 5.92 Å². The Morgan fingerprint density at radius 2 is 1.76 bits per heavy atom. The Labute approximate surface area is 105 Å². The van der Waals surface area contributed by atoms with E-state index in [1.54, 1.807) is 0 Å². The average Bonchev–Trinajstić information content (AvgIpc) is 2.35. The van der Waals surface area contributed by atoms with E-state index in [2.05, 4.69) is 13.8 Å². The largest absolute Gasteiger partial charge is 0.342 e. The van der Waals surface area contributed by atoms with Crippen LogP contribution in [-0.2, 0) is 4.79 Å². The van der Waals surface area contributed by atoms with Gasteiger partial charge in [-0.15, -0.1) is 0 Å². The molecule has 0 aliphatic carbocycles. The topological polar surface area (TPSA) is 20.3 Å². The number of hydrogen-bond acceptors (Lipinski definition) is 1. The molecule has 0 bridgehead atoms. The van der Waals surface area contributed by atoms with Crippen molar-refractivity contribution in [3.63, 3.8) is 0 Å². The van der Waals surface area contributed by atoms with E-state index in [0.29, 0.717) is 5.92 Å². The Kier molecular flexibility index (Phi) is 5.20. The highest BCUT2D eigenvalue weighted by atomic mass is 16.2. The van der Waals surface area contributed by atoms with Gasteiger partial charge in [0.1, 0.15) is 0 Å². The first-order valence-corrected chi connectivity index (χ1v) is 6.40. The Morgan fingerprint density at radius 1 is 1.18 bits per heavy atom. The van der Waals surface area contributed by atoms with Gasteiger partial charge < -0.3 is 4.90 Å². The molecule has 0 spiro atoms. The maximum Gasteiger partial charge on any atom is 0.229 e. The molecular formula is C15H23NO. The maximum atomic E-state index is 12.3. The van der Waals surface area contributed by atoms with E-state index >= 15 is 0 Å². The number of likely N-dealkylation sites (N-methyl/N-ethyl adjacent to an activating group) is 1. The predicted octanol–water partition coefficient (Wildman–Crippen LogP) is 3.29. The van der Waals surface area contributed by atoms with Crippen molar-refractivity contribution in [2.24, 2.45) is 5.92 Å². The molecule has 94 valence electrons. The van der Waals surface area contributed by atoms with Crippen molar-refractivity contribution in [2.75, 3.05) is 13.1 Å². The zero-order chi connectivity index (χ0) is 12.8. The first kappa shape index (κ1) is 13.8. The van der Waals surface area contributed by atoms with Crippen LogP contribution < -0.4 is 0 Å². The highest BCUT2D eigenvalue weighted by Gasteiger charge is 2.20. The lowest BCUT2D eigenvalue weighted by atomic mass is 9.99. The summed E-state index contributed by atoms with van der Waals surface area (Å²) in [5.74, 6) is 0.698. The van der Waals surface area contributed by atoms with Crippen molar-refractivity contribution >= 4 is 5.91 Å². The van der Waals surface area contributed by atoms with Gasteiger partial charge >= 0.3 is 0 Å². The molecule has 1 atom stereocenters. The molecule has 2 heteroatoms. The van der Waals surface area contributed by atoms with Crippen LogP contribution in [0.3, 0.4) is 0 Å². The molecule has 1 unspecified atom stereocenters. The number of rotatable bonds is 5. The molecule has 0 radical (unpaired) electrons. The number of carbonyl (C=O) groups is 1. The number of amides is 1. The lowest BCUT2D eigenvalue weighted by Gasteiger charge is -2.26. The molecule has 2 nitrogen and oxygen atoms in total. The number of nitrogens with zero attached hydrogens (tertiary/aromatic N) is 1. The van der Waals surface area contributed by atoms with Crippen LogP contribution in [-0.4, -0.2) is 23.9 Å². The Hall–Kier alpha value is -1.31. The van der Waals surface area contributed by atoms with Crippen LogP contribution >= 0.6 is 0 Å². The third-order valence-electron chi connectivity index (χ3n) is 2.95. The quantitative estimate of drug-likeness (QED) is 0.764. The summed E-state index contributed by atoms with van der Waals surface area (Å²) in [7, 11) is 0. The molecule has 0 heterocycles. The van der Waals surface area contributed by atoms with Crippen LogP contribution in [0.25, 0.3) is 0 Å². The van der Waals surface area contributed by atoms with Gasteiger partial charge in [-0.2, -0.15) is 0 Å². The minimum absolute atomic E-state index is 0.0464. The van der Waals surface area contributed by atoms with Crippen LogP contribution in [0, 0.1) is 5.92 Å². The second-order valence-corrected chi connectivity index (χ2v) is 4.90. The predicted molar refractivity (Wildman–Crippen MR) is 71.9 cm³/mol. The van der Waals surface area contributed by atoms with Gasteiger partial charge in [0.2, 0.25) is 5.91 Å². The SMILES string of the molecule is CCN(CC(C)C)C(=O)C(C)c1ccccc1. The summed E-state index contributed by atoms with van der Waals surface area (Å²) in [6, 6.07) is 9.99. The summed E-state index contributed by atoms with van der Waals surface area (Å²) in [6.45, 7) is 9.94. The van der Waals surface area contributed by atoms with Crippen molar-refractivity contribution in [1.29, 1.82) is 0 Å². The van der Waals surface area contributed by atoms with Crippen molar-refractivity contribution < 1.29 is 4.79 Å². The van der Waals surface area contributed by atoms with E-state index in [1.165, 1.54) is 0 Å². The summed E-state index contributed by atoms with van der Waals surface area (Å²) in [5, 5.41) is 0. The molecule has 0 saturated carbocycles. The third kappa shape index (κ3) is 3.88. The molecule has 17 heavy (non-hydrogen) atoms. The highest BCUT2D eigenvalue weighted by molar-refractivity contribution is 5.83. The van der Waals surface area contributed by atoms with Gasteiger partial charge in [-0.1, -0.05) is 44.2 Å². The summed E-state index contributed by atoms with van der Waals surface area (Å²) in [6.07, 6.45) is 0. The van der Waals surface area contributed by atoms with E-state index in [4.69, 9.17) is 0 Å². The van der Waals surface area contributed by atoms with Crippen molar-refractivity contribution in [1.82, 2.24) is 4.90 Å². The van der Waals surface area contributed by atoms with E-state index in [-0.39, 0.29) is 11.8 Å². The van der Waals surface area contributed by atoms with Gasteiger partial charge in [0, 0.05) is 13.1 Å². The molecule has 1 rings (SSSR count). The van der Waals surface area contributed by atoms with Crippen LogP contribution in [0.15, 0.2) is 30.3 Å². The zero-order valence-electron chi connectivity index (χ0n) is 11.3. The van der Waals surface area contributed by atoms with Crippen molar-refractivity contribution in [2.45, 2.75) is 33.6 Å². The molecule has 0 aliphatic heterocycles.